The third kappa shape index (κ3) is 4.00. The van der Waals surface area contributed by atoms with Gasteiger partial charge in [-0.2, -0.15) is 0 Å². The maximum atomic E-state index is 12.3. The van der Waals surface area contributed by atoms with Gasteiger partial charge in [0, 0.05) is 33.1 Å². The first-order chi connectivity index (χ1) is 14.8. The largest absolute Gasteiger partial charge is 0.426 e. The number of fused-ring (bicyclic) bond motifs is 1. The highest BCUT2D eigenvalue weighted by Gasteiger charge is 2.15. The smallest absolute Gasteiger partial charge is 0.332 e. The van der Waals surface area contributed by atoms with Crippen LogP contribution >= 0.6 is 0 Å². The van der Waals surface area contributed by atoms with Gasteiger partial charge < -0.3 is 19.5 Å². The number of H-pyrrole nitrogens is 1. The lowest BCUT2D eigenvalue weighted by Gasteiger charge is -2.03. The van der Waals surface area contributed by atoms with E-state index in [2.05, 4.69) is 15.3 Å². The second-order valence-corrected chi connectivity index (χ2v) is 7.13. The number of hydrogen-bond donors (Lipinski definition) is 2. The highest BCUT2D eigenvalue weighted by molar-refractivity contribution is 5.91. The van der Waals surface area contributed by atoms with Gasteiger partial charge in [0.25, 0.3) is 17.4 Å². The van der Waals surface area contributed by atoms with Crippen LogP contribution in [0.5, 0.6) is 11.7 Å². The van der Waals surface area contributed by atoms with E-state index in [0.29, 0.717) is 18.0 Å². The van der Waals surface area contributed by atoms with E-state index >= 15 is 0 Å². The highest BCUT2D eigenvalue weighted by atomic mass is 16.6. The van der Waals surface area contributed by atoms with Crippen LogP contribution in [0.15, 0.2) is 50.4 Å². The van der Waals surface area contributed by atoms with Gasteiger partial charge in [0.05, 0.1) is 0 Å². The van der Waals surface area contributed by atoms with Gasteiger partial charge in [0.1, 0.15) is 17.1 Å². The zero-order chi connectivity index (χ0) is 22.1. The summed E-state index contributed by atoms with van der Waals surface area (Å²) in [5, 5.41) is 2.73. The number of aryl methyl sites for hydroxylation is 2. The average Bonchev–Trinajstić information content (AvgIpc) is 3.40. The lowest BCUT2D eigenvalue weighted by molar-refractivity contribution is 0.0921. The quantitative estimate of drug-likeness (QED) is 0.486. The van der Waals surface area contributed by atoms with Crippen LogP contribution in [-0.4, -0.2) is 31.6 Å². The number of benzene rings is 1. The van der Waals surface area contributed by atoms with Crippen molar-refractivity contribution in [3.63, 3.8) is 0 Å². The van der Waals surface area contributed by atoms with Gasteiger partial charge in [-0.25, -0.2) is 9.78 Å². The van der Waals surface area contributed by atoms with Crippen LogP contribution in [0.2, 0.25) is 0 Å². The maximum absolute atomic E-state index is 12.3. The Kier molecular flexibility index (Phi) is 5.20. The summed E-state index contributed by atoms with van der Waals surface area (Å²) in [5.41, 5.74) is 0.732. The van der Waals surface area contributed by atoms with Crippen molar-refractivity contribution in [2.24, 2.45) is 14.1 Å². The van der Waals surface area contributed by atoms with Crippen molar-refractivity contribution in [3.05, 3.63) is 74.4 Å². The molecule has 0 bridgehead atoms. The number of aromatic amines is 1. The van der Waals surface area contributed by atoms with Gasteiger partial charge in [-0.3, -0.25) is 18.7 Å². The summed E-state index contributed by atoms with van der Waals surface area (Å²) in [6.07, 6.45) is 0.338. The third-order valence-corrected chi connectivity index (χ3v) is 4.84. The van der Waals surface area contributed by atoms with Gasteiger partial charge in [-0.05, 0) is 25.1 Å². The fourth-order valence-electron chi connectivity index (χ4n) is 3.09. The molecule has 1 aromatic carbocycles. The second kappa shape index (κ2) is 7.98. The van der Waals surface area contributed by atoms with Gasteiger partial charge in [-0.15, -0.1) is 0 Å². The molecule has 0 aliphatic heterocycles. The van der Waals surface area contributed by atoms with E-state index in [1.807, 2.05) is 31.2 Å². The molecule has 4 aromatic rings. The van der Waals surface area contributed by atoms with Crippen molar-refractivity contribution < 1.29 is 13.9 Å². The summed E-state index contributed by atoms with van der Waals surface area (Å²) in [4.78, 5) is 43.8. The maximum Gasteiger partial charge on any atom is 0.332 e. The predicted octanol–water partition coefficient (Wildman–Crippen LogP) is 1.63. The molecule has 3 aromatic heterocycles. The Bertz CT molecular complexity index is 1370. The van der Waals surface area contributed by atoms with Crippen LogP contribution in [0.3, 0.4) is 0 Å². The van der Waals surface area contributed by atoms with E-state index in [1.54, 1.807) is 13.1 Å². The second-order valence-electron chi connectivity index (χ2n) is 7.13. The number of furan rings is 1. The predicted molar refractivity (Wildman–Crippen MR) is 113 cm³/mol. The van der Waals surface area contributed by atoms with Gasteiger partial charge in [0.15, 0.2) is 11.4 Å². The van der Waals surface area contributed by atoms with Crippen LogP contribution in [0.1, 0.15) is 21.9 Å². The monoisotopic (exact) mass is 423 g/mol. The average molecular weight is 423 g/mol. The number of carbonyl (C=O) groups is 1. The molecule has 0 saturated heterocycles. The normalized spacial score (nSPS) is 11.1. The van der Waals surface area contributed by atoms with Crippen molar-refractivity contribution >= 4 is 17.1 Å². The fourth-order valence-corrected chi connectivity index (χ4v) is 3.09. The summed E-state index contributed by atoms with van der Waals surface area (Å²) >= 11 is 0. The molecule has 160 valence electrons. The van der Waals surface area contributed by atoms with E-state index in [4.69, 9.17) is 9.15 Å². The van der Waals surface area contributed by atoms with Crippen molar-refractivity contribution in [2.45, 2.75) is 13.3 Å². The summed E-state index contributed by atoms with van der Waals surface area (Å²) in [6.45, 7) is 2.23. The zero-order valence-corrected chi connectivity index (χ0v) is 17.3. The Hall–Kier alpha value is -4.08. The van der Waals surface area contributed by atoms with Crippen LogP contribution in [0, 0.1) is 6.92 Å². The molecule has 0 fully saturated rings. The molecule has 2 N–H and O–H groups in total. The summed E-state index contributed by atoms with van der Waals surface area (Å²) in [5.74, 6) is 1.01. The van der Waals surface area contributed by atoms with E-state index < -0.39 is 17.2 Å². The number of imidazole rings is 1. The first-order valence-electron chi connectivity index (χ1n) is 9.60. The summed E-state index contributed by atoms with van der Waals surface area (Å²) < 4.78 is 13.4. The van der Waals surface area contributed by atoms with Crippen molar-refractivity contribution in [1.29, 1.82) is 0 Å². The van der Waals surface area contributed by atoms with E-state index in [0.717, 1.165) is 10.1 Å². The lowest BCUT2D eigenvalue weighted by atomic mass is 10.2. The van der Waals surface area contributed by atoms with Crippen molar-refractivity contribution in [2.75, 3.05) is 6.54 Å². The van der Waals surface area contributed by atoms with Crippen LogP contribution in [-0.2, 0) is 20.5 Å². The van der Waals surface area contributed by atoms with E-state index in [1.165, 1.54) is 17.7 Å². The number of ether oxygens (including phenoxy) is 1. The molecular formula is C21H21N5O5. The Morgan fingerprint density at radius 2 is 1.87 bits per heavy atom. The van der Waals surface area contributed by atoms with Crippen LogP contribution in [0.4, 0.5) is 0 Å². The molecule has 0 atom stereocenters. The minimum Gasteiger partial charge on any atom is -0.426 e. The van der Waals surface area contributed by atoms with Gasteiger partial charge >= 0.3 is 5.69 Å². The molecule has 0 saturated carbocycles. The fraction of sp³-hybridized carbons (Fsp3) is 0.238. The minimum absolute atomic E-state index is 0.114. The molecule has 4 rings (SSSR count). The number of amides is 1. The molecule has 1 amide bonds. The van der Waals surface area contributed by atoms with Crippen molar-refractivity contribution in [1.82, 2.24) is 24.4 Å². The Labute approximate surface area is 176 Å². The first kappa shape index (κ1) is 20.2. The highest BCUT2D eigenvalue weighted by Crippen LogP contribution is 2.24. The Morgan fingerprint density at radius 1 is 1.13 bits per heavy atom. The molecule has 10 heteroatoms. The van der Waals surface area contributed by atoms with Gasteiger partial charge in [0.2, 0.25) is 0 Å². The summed E-state index contributed by atoms with van der Waals surface area (Å²) in [6, 6.07) is 10.6. The number of nitrogens with zero attached hydrogens (tertiary/aromatic N) is 3. The molecule has 0 radical (unpaired) electrons. The third-order valence-electron chi connectivity index (χ3n) is 4.84. The number of carbonyl (C=O) groups excluding carboxylic acids is 1. The lowest BCUT2D eigenvalue weighted by Crippen LogP contribution is -2.36. The van der Waals surface area contributed by atoms with Crippen LogP contribution < -0.4 is 21.3 Å². The van der Waals surface area contributed by atoms with Gasteiger partial charge in [-0.1, -0.05) is 17.7 Å². The van der Waals surface area contributed by atoms with Crippen molar-refractivity contribution in [3.8, 4) is 11.7 Å². The number of hydrogen-bond acceptors (Lipinski definition) is 6. The molecule has 0 aliphatic rings. The molecular weight excluding hydrogens is 402 g/mol. The standard InChI is InChI=1S/C21H21N5O5/c1-12-4-6-13(7-5-12)30-16-9-8-14(31-16)19(27)22-11-10-15-23-17-18(24-15)25(2)21(29)26(3)20(17)28/h4-9H,10-11H2,1-3H3,(H,22,27)(H,23,24). The molecule has 3 heterocycles. The number of rotatable bonds is 6. The minimum atomic E-state index is -0.453. The van der Waals surface area contributed by atoms with Crippen LogP contribution in [0.25, 0.3) is 11.2 Å². The SMILES string of the molecule is Cc1ccc(Oc2ccc(C(=O)NCCc3nc4c([nH]3)c(=O)n(C)c(=O)n4C)o2)cc1. The zero-order valence-electron chi connectivity index (χ0n) is 17.3. The molecule has 10 nitrogen and oxygen atoms in total. The molecule has 0 aliphatic carbocycles. The number of nitrogens with one attached hydrogen (secondary N) is 2. The first-order valence-corrected chi connectivity index (χ1v) is 9.60. The molecule has 0 spiro atoms. The molecule has 0 unspecified atom stereocenters. The Morgan fingerprint density at radius 3 is 2.61 bits per heavy atom. The summed E-state index contributed by atoms with van der Waals surface area (Å²) in [7, 11) is 2.95. The van der Waals surface area contributed by atoms with E-state index in [-0.39, 0.29) is 29.4 Å². The number of aromatic nitrogens is 4. The molecule has 31 heavy (non-hydrogen) atoms. The topological polar surface area (TPSA) is 124 Å². The van der Waals surface area contributed by atoms with E-state index in [9.17, 15) is 14.4 Å². The Balaban J connectivity index is 1.38.